The second kappa shape index (κ2) is 9.78. The number of aromatic nitrogens is 1. The Hall–Kier alpha value is -3.45. The van der Waals surface area contributed by atoms with Crippen LogP contribution < -0.4 is 5.32 Å². The van der Waals surface area contributed by atoms with Crippen LogP contribution in [0.25, 0.3) is 22.6 Å². The molecule has 1 amide bonds. The average molecular weight is 434 g/mol. The first-order valence-electron chi connectivity index (χ1n) is 10.7. The first-order valence-corrected chi connectivity index (χ1v) is 10.7. The number of para-hydroxylation sites is 1. The van der Waals surface area contributed by atoms with E-state index in [0.29, 0.717) is 36.6 Å². The van der Waals surface area contributed by atoms with E-state index < -0.39 is 5.97 Å². The van der Waals surface area contributed by atoms with Gasteiger partial charge >= 0.3 is 5.97 Å². The molecule has 166 valence electrons. The van der Waals surface area contributed by atoms with Gasteiger partial charge in [0, 0.05) is 19.0 Å². The number of hydrogen-bond acceptors (Lipinski definition) is 6. The van der Waals surface area contributed by atoms with E-state index in [1.807, 2.05) is 42.5 Å². The molecule has 1 aromatic carbocycles. The minimum atomic E-state index is -0.520. The maximum absolute atomic E-state index is 13.2. The zero-order valence-electron chi connectivity index (χ0n) is 18.2. The smallest absolute Gasteiger partial charge is 0.339 e. The molecule has 4 rings (SSSR count). The minimum absolute atomic E-state index is 0.315. The number of rotatable bonds is 7. The van der Waals surface area contributed by atoms with Crippen LogP contribution in [0.1, 0.15) is 40.7 Å². The zero-order chi connectivity index (χ0) is 22.5. The maximum Gasteiger partial charge on any atom is 0.339 e. The predicted molar refractivity (Wildman–Crippen MR) is 121 cm³/mol. The van der Waals surface area contributed by atoms with Gasteiger partial charge in [-0.25, -0.2) is 9.78 Å². The van der Waals surface area contributed by atoms with Gasteiger partial charge in [0.25, 0.3) is 5.91 Å². The third-order valence-electron chi connectivity index (χ3n) is 5.44. The number of esters is 1. The fourth-order valence-corrected chi connectivity index (χ4v) is 4.06. The molecule has 0 bridgehead atoms. The van der Waals surface area contributed by atoms with E-state index in [4.69, 9.17) is 18.9 Å². The molecule has 2 aromatic heterocycles. The van der Waals surface area contributed by atoms with Crippen molar-refractivity contribution in [1.29, 1.82) is 0 Å². The lowest BCUT2D eigenvalue weighted by Gasteiger charge is -2.26. The summed E-state index contributed by atoms with van der Waals surface area (Å²) in [5.41, 5.74) is 3.85. The van der Waals surface area contributed by atoms with E-state index in [2.05, 4.69) is 12.2 Å². The number of amides is 1. The van der Waals surface area contributed by atoms with Gasteiger partial charge in [0.2, 0.25) is 0 Å². The van der Waals surface area contributed by atoms with Gasteiger partial charge in [-0.05, 0) is 54.2 Å². The molecule has 0 spiro atoms. The highest BCUT2D eigenvalue weighted by molar-refractivity contribution is 6.07. The molecule has 1 aliphatic carbocycles. The fraction of sp³-hybridized carbons (Fsp3) is 0.320. The number of allylic oxidation sites excluding steroid dienone is 1. The van der Waals surface area contributed by atoms with Gasteiger partial charge in [-0.2, -0.15) is 0 Å². The molecule has 2 heterocycles. The van der Waals surface area contributed by atoms with Crippen LogP contribution in [0.3, 0.4) is 0 Å². The standard InChI is InChI=1S/C25H26N2O5/c1-16-12-17(14-18-6-5-10-31-18)24-20(13-16)23(19-7-3-4-8-21(19)27-24)25(29)32-15-22(28)26-9-11-30-2/h3-8,10,14,16H,9,11-13,15H2,1-2H3,(H,26,28)/b17-14+. The van der Waals surface area contributed by atoms with Gasteiger partial charge in [0.15, 0.2) is 6.61 Å². The molecule has 7 heteroatoms. The van der Waals surface area contributed by atoms with Gasteiger partial charge in [-0.15, -0.1) is 0 Å². The number of fused-ring (bicyclic) bond motifs is 2. The zero-order valence-corrected chi connectivity index (χ0v) is 18.2. The lowest BCUT2D eigenvalue weighted by molar-refractivity contribution is -0.124. The Morgan fingerprint density at radius 3 is 2.84 bits per heavy atom. The largest absolute Gasteiger partial charge is 0.465 e. The number of carbonyl (C=O) groups excluding carboxylic acids is 2. The van der Waals surface area contributed by atoms with Crippen molar-refractivity contribution in [3.63, 3.8) is 0 Å². The van der Waals surface area contributed by atoms with E-state index in [1.54, 1.807) is 13.4 Å². The highest BCUT2D eigenvalue weighted by atomic mass is 16.5. The van der Waals surface area contributed by atoms with Crippen molar-refractivity contribution in [3.8, 4) is 0 Å². The van der Waals surface area contributed by atoms with E-state index in [-0.39, 0.29) is 12.5 Å². The maximum atomic E-state index is 13.2. The Morgan fingerprint density at radius 2 is 2.06 bits per heavy atom. The summed E-state index contributed by atoms with van der Waals surface area (Å²) in [6.45, 7) is 2.55. The molecule has 3 aromatic rings. The van der Waals surface area contributed by atoms with Crippen molar-refractivity contribution in [1.82, 2.24) is 10.3 Å². The second-order valence-electron chi connectivity index (χ2n) is 7.95. The monoisotopic (exact) mass is 434 g/mol. The van der Waals surface area contributed by atoms with E-state index >= 15 is 0 Å². The average Bonchev–Trinajstić information content (AvgIpc) is 3.29. The molecular formula is C25H26N2O5. The molecule has 0 aliphatic heterocycles. The van der Waals surface area contributed by atoms with Crippen molar-refractivity contribution in [2.24, 2.45) is 5.92 Å². The number of furan rings is 1. The van der Waals surface area contributed by atoms with Crippen molar-refractivity contribution in [2.45, 2.75) is 19.8 Å². The molecule has 1 aliphatic rings. The molecule has 0 radical (unpaired) electrons. The van der Waals surface area contributed by atoms with Crippen LogP contribution in [0, 0.1) is 5.92 Å². The van der Waals surface area contributed by atoms with Crippen molar-refractivity contribution < 1.29 is 23.5 Å². The molecule has 1 unspecified atom stereocenters. The number of hydrogen-bond donors (Lipinski definition) is 1. The summed E-state index contributed by atoms with van der Waals surface area (Å²) < 4.78 is 15.8. The van der Waals surface area contributed by atoms with Crippen molar-refractivity contribution in [2.75, 3.05) is 26.9 Å². The second-order valence-corrected chi connectivity index (χ2v) is 7.95. The van der Waals surface area contributed by atoms with Crippen LogP contribution in [0.5, 0.6) is 0 Å². The summed E-state index contributed by atoms with van der Waals surface area (Å²) in [7, 11) is 1.56. The van der Waals surface area contributed by atoms with E-state index in [1.165, 1.54) is 0 Å². The molecule has 0 fully saturated rings. The van der Waals surface area contributed by atoms with Crippen LogP contribution in [-0.2, 0) is 20.7 Å². The highest BCUT2D eigenvalue weighted by Crippen LogP contribution is 2.38. The lowest BCUT2D eigenvalue weighted by Crippen LogP contribution is -2.31. The van der Waals surface area contributed by atoms with Gasteiger partial charge in [-0.1, -0.05) is 25.1 Å². The Morgan fingerprint density at radius 1 is 1.22 bits per heavy atom. The highest BCUT2D eigenvalue weighted by Gasteiger charge is 2.29. The van der Waals surface area contributed by atoms with E-state index in [0.717, 1.165) is 34.4 Å². The molecule has 7 nitrogen and oxygen atoms in total. The number of methoxy groups -OCH3 is 1. The predicted octanol–water partition coefficient (Wildman–Crippen LogP) is 3.87. The Kier molecular flexibility index (Phi) is 6.66. The molecule has 1 N–H and O–H groups in total. The summed E-state index contributed by atoms with van der Waals surface area (Å²) in [4.78, 5) is 30.1. The van der Waals surface area contributed by atoms with Crippen molar-refractivity contribution in [3.05, 3.63) is 65.2 Å². The summed E-state index contributed by atoms with van der Waals surface area (Å²) in [5.74, 6) is 0.171. The topological polar surface area (TPSA) is 90.7 Å². The number of ether oxygens (including phenoxy) is 2. The number of nitrogens with zero attached hydrogens (tertiary/aromatic N) is 1. The van der Waals surface area contributed by atoms with Gasteiger partial charge in [-0.3, -0.25) is 4.79 Å². The third-order valence-corrected chi connectivity index (χ3v) is 5.44. The summed E-state index contributed by atoms with van der Waals surface area (Å²) in [6.07, 6.45) is 5.14. The Labute approximate surface area is 186 Å². The first-order chi connectivity index (χ1) is 15.6. The number of pyridine rings is 1. The fourth-order valence-electron chi connectivity index (χ4n) is 4.06. The SMILES string of the molecule is COCCNC(=O)COC(=O)c1c2c(nc3ccccc13)/C(=C/c1ccco1)CC(C)C2. The van der Waals surface area contributed by atoms with Crippen molar-refractivity contribution >= 4 is 34.4 Å². The van der Waals surface area contributed by atoms with Gasteiger partial charge in [0.05, 0.1) is 29.6 Å². The number of benzene rings is 1. The summed E-state index contributed by atoms with van der Waals surface area (Å²) >= 11 is 0. The summed E-state index contributed by atoms with van der Waals surface area (Å²) in [5, 5.41) is 3.38. The third kappa shape index (κ3) is 4.73. The first kappa shape index (κ1) is 21.8. The lowest BCUT2D eigenvalue weighted by atomic mass is 9.81. The Bertz CT molecular complexity index is 1150. The molecule has 1 atom stereocenters. The molecule has 32 heavy (non-hydrogen) atoms. The minimum Gasteiger partial charge on any atom is -0.465 e. The number of nitrogens with one attached hydrogen (secondary N) is 1. The Balaban J connectivity index is 1.71. The molecule has 0 saturated heterocycles. The molecule has 0 saturated carbocycles. The summed E-state index contributed by atoms with van der Waals surface area (Å²) in [6, 6.07) is 11.2. The van der Waals surface area contributed by atoms with Gasteiger partial charge in [0.1, 0.15) is 5.76 Å². The molecular weight excluding hydrogens is 408 g/mol. The normalized spacial score (nSPS) is 16.7. The van der Waals surface area contributed by atoms with Crippen LogP contribution in [0.4, 0.5) is 0 Å². The van der Waals surface area contributed by atoms with Gasteiger partial charge < -0.3 is 19.2 Å². The van der Waals surface area contributed by atoms with E-state index in [9.17, 15) is 9.59 Å². The number of carbonyl (C=O) groups is 2. The quantitative estimate of drug-likeness (QED) is 0.448. The van der Waals surface area contributed by atoms with Crippen LogP contribution >= 0.6 is 0 Å². The van der Waals surface area contributed by atoms with Crippen LogP contribution in [0.2, 0.25) is 0 Å². The van der Waals surface area contributed by atoms with Crippen LogP contribution in [0.15, 0.2) is 47.1 Å². The van der Waals surface area contributed by atoms with Crippen LogP contribution in [-0.4, -0.2) is 43.7 Å².